The number of nitrogens with zero attached hydrogens (tertiary/aromatic N) is 2. The van der Waals surface area contributed by atoms with Crippen LogP contribution in [0.15, 0.2) is 16.6 Å². The minimum atomic E-state index is 0.690. The second-order valence-corrected chi connectivity index (χ2v) is 5.39. The molecule has 0 amide bonds. The summed E-state index contributed by atoms with van der Waals surface area (Å²) < 4.78 is 0.974. The maximum atomic E-state index is 6.24. The SMILES string of the molecule is CN1CCN(c2c(Cl)cc(N)cc2Br)CC1. The average molecular weight is 305 g/mol. The lowest BCUT2D eigenvalue weighted by Gasteiger charge is -2.35. The smallest absolute Gasteiger partial charge is 0.0702 e. The highest BCUT2D eigenvalue weighted by atomic mass is 79.9. The number of anilines is 2. The number of nitrogens with two attached hydrogens (primary N) is 1. The lowest BCUT2D eigenvalue weighted by Crippen LogP contribution is -2.44. The summed E-state index contributed by atoms with van der Waals surface area (Å²) in [5, 5.41) is 0.719. The number of hydrogen-bond donors (Lipinski definition) is 1. The van der Waals surface area contributed by atoms with Crippen molar-refractivity contribution in [3.05, 3.63) is 21.6 Å². The van der Waals surface area contributed by atoms with E-state index < -0.39 is 0 Å². The van der Waals surface area contributed by atoms with E-state index in [0.29, 0.717) is 5.69 Å². The van der Waals surface area contributed by atoms with Crippen molar-refractivity contribution in [1.29, 1.82) is 0 Å². The van der Waals surface area contributed by atoms with E-state index in [0.717, 1.165) is 41.4 Å². The molecule has 0 spiro atoms. The van der Waals surface area contributed by atoms with E-state index in [1.807, 2.05) is 6.07 Å². The van der Waals surface area contributed by atoms with E-state index in [1.54, 1.807) is 6.07 Å². The number of likely N-dealkylation sites (N-methyl/N-ethyl adjacent to an activating group) is 1. The first-order valence-corrected chi connectivity index (χ1v) is 6.43. The molecular formula is C11H15BrClN3. The van der Waals surface area contributed by atoms with Crippen molar-refractivity contribution < 1.29 is 0 Å². The molecule has 2 rings (SSSR count). The van der Waals surface area contributed by atoms with Crippen molar-refractivity contribution in [1.82, 2.24) is 4.90 Å². The Labute approximate surface area is 109 Å². The molecule has 16 heavy (non-hydrogen) atoms. The first kappa shape index (κ1) is 12.0. The maximum absolute atomic E-state index is 6.24. The molecule has 1 aromatic rings. The fraction of sp³-hybridized carbons (Fsp3) is 0.455. The van der Waals surface area contributed by atoms with Gasteiger partial charge in [-0.05, 0) is 35.1 Å². The van der Waals surface area contributed by atoms with Crippen LogP contribution in [-0.2, 0) is 0 Å². The number of hydrogen-bond acceptors (Lipinski definition) is 3. The molecule has 0 radical (unpaired) electrons. The van der Waals surface area contributed by atoms with E-state index >= 15 is 0 Å². The maximum Gasteiger partial charge on any atom is 0.0702 e. The second-order valence-electron chi connectivity index (χ2n) is 4.12. The fourth-order valence-electron chi connectivity index (χ4n) is 1.92. The van der Waals surface area contributed by atoms with Gasteiger partial charge in [0.25, 0.3) is 0 Å². The number of benzene rings is 1. The molecule has 88 valence electrons. The van der Waals surface area contributed by atoms with Gasteiger partial charge in [-0.25, -0.2) is 0 Å². The highest BCUT2D eigenvalue weighted by molar-refractivity contribution is 9.10. The monoisotopic (exact) mass is 303 g/mol. The normalized spacial score (nSPS) is 17.8. The van der Waals surface area contributed by atoms with Gasteiger partial charge in [-0.2, -0.15) is 0 Å². The standard InChI is InChI=1S/C11H15BrClN3/c1-15-2-4-16(5-3-15)11-9(12)6-8(14)7-10(11)13/h6-7H,2-5,14H2,1H3. The molecule has 1 aliphatic heterocycles. The van der Waals surface area contributed by atoms with Crippen LogP contribution in [0.4, 0.5) is 11.4 Å². The zero-order valence-electron chi connectivity index (χ0n) is 9.21. The van der Waals surface area contributed by atoms with Gasteiger partial charge in [0.2, 0.25) is 0 Å². The van der Waals surface area contributed by atoms with E-state index in [2.05, 4.69) is 32.8 Å². The molecule has 3 nitrogen and oxygen atoms in total. The molecule has 1 fully saturated rings. The topological polar surface area (TPSA) is 32.5 Å². The van der Waals surface area contributed by atoms with Gasteiger partial charge < -0.3 is 15.5 Å². The molecule has 1 saturated heterocycles. The molecule has 0 aliphatic carbocycles. The van der Waals surface area contributed by atoms with Gasteiger partial charge in [0.1, 0.15) is 0 Å². The first-order valence-electron chi connectivity index (χ1n) is 5.26. The first-order chi connectivity index (χ1) is 7.58. The second kappa shape index (κ2) is 4.82. The average Bonchev–Trinajstić information content (AvgIpc) is 2.19. The fourth-order valence-corrected chi connectivity index (χ4v) is 3.11. The highest BCUT2D eigenvalue weighted by Crippen LogP contribution is 2.36. The third-order valence-electron chi connectivity index (χ3n) is 2.86. The summed E-state index contributed by atoms with van der Waals surface area (Å²) in [5.74, 6) is 0. The number of nitrogen functional groups attached to an aromatic ring is 1. The molecule has 0 aromatic heterocycles. The van der Waals surface area contributed by atoms with Gasteiger partial charge in [-0.1, -0.05) is 11.6 Å². The Bertz CT molecular complexity index is 366. The van der Waals surface area contributed by atoms with Gasteiger partial charge in [0.15, 0.2) is 0 Å². The Hall–Kier alpha value is -0.450. The number of piperazine rings is 1. The lowest BCUT2D eigenvalue weighted by atomic mass is 10.2. The third-order valence-corrected chi connectivity index (χ3v) is 3.75. The third kappa shape index (κ3) is 2.44. The molecule has 5 heteroatoms. The van der Waals surface area contributed by atoms with Crippen molar-refractivity contribution in [3.63, 3.8) is 0 Å². The number of halogens is 2. The van der Waals surface area contributed by atoms with Crippen molar-refractivity contribution >= 4 is 38.9 Å². The van der Waals surface area contributed by atoms with Gasteiger partial charge >= 0.3 is 0 Å². The highest BCUT2D eigenvalue weighted by Gasteiger charge is 2.19. The lowest BCUT2D eigenvalue weighted by molar-refractivity contribution is 0.313. The van der Waals surface area contributed by atoms with Crippen molar-refractivity contribution in [2.24, 2.45) is 0 Å². The van der Waals surface area contributed by atoms with Gasteiger partial charge in [-0.15, -0.1) is 0 Å². The van der Waals surface area contributed by atoms with Crippen molar-refractivity contribution in [2.45, 2.75) is 0 Å². The largest absolute Gasteiger partial charge is 0.399 e. The zero-order chi connectivity index (χ0) is 11.7. The molecule has 0 atom stereocenters. The quantitative estimate of drug-likeness (QED) is 0.809. The van der Waals surface area contributed by atoms with Crippen LogP contribution >= 0.6 is 27.5 Å². The van der Waals surface area contributed by atoms with Crippen LogP contribution in [0.2, 0.25) is 5.02 Å². The molecule has 0 unspecified atom stereocenters. The van der Waals surface area contributed by atoms with Crippen LogP contribution in [0.1, 0.15) is 0 Å². The van der Waals surface area contributed by atoms with Crippen LogP contribution in [0.25, 0.3) is 0 Å². The Balaban J connectivity index is 2.26. The Morgan fingerprint density at radius 1 is 1.25 bits per heavy atom. The van der Waals surface area contributed by atoms with E-state index in [-0.39, 0.29) is 0 Å². The van der Waals surface area contributed by atoms with E-state index in [4.69, 9.17) is 17.3 Å². The predicted octanol–water partition coefficient (Wildman–Crippen LogP) is 2.44. The number of rotatable bonds is 1. The van der Waals surface area contributed by atoms with Crippen LogP contribution in [-0.4, -0.2) is 38.1 Å². The van der Waals surface area contributed by atoms with Crippen molar-refractivity contribution in [3.8, 4) is 0 Å². The minimum Gasteiger partial charge on any atom is -0.399 e. The van der Waals surface area contributed by atoms with Crippen molar-refractivity contribution in [2.75, 3.05) is 43.9 Å². The van der Waals surface area contributed by atoms with Crippen LogP contribution in [0.3, 0.4) is 0 Å². The van der Waals surface area contributed by atoms with Crippen LogP contribution in [0.5, 0.6) is 0 Å². The molecule has 2 N–H and O–H groups in total. The molecular weight excluding hydrogens is 289 g/mol. The minimum absolute atomic E-state index is 0.690. The summed E-state index contributed by atoms with van der Waals surface area (Å²) in [6, 6.07) is 3.71. The molecule has 1 heterocycles. The van der Waals surface area contributed by atoms with E-state index in [1.165, 1.54) is 0 Å². The van der Waals surface area contributed by atoms with Gasteiger partial charge in [-0.3, -0.25) is 0 Å². The molecule has 1 aliphatic rings. The van der Waals surface area contributed by atoms with Gasteiger partial charge in [0, 0.05) is 36.3 Å². The van der Waals surface area contributed by atoms with Crippen LogP contribution in [0, 0.1) is 0 Å². The Kier molecular flexibility index (Phi) is 3.62. The Morgan fingerprint density at radius 2 is 1.88 bits per heavy atom. The zero-order valence-corrected chi connectivity index (χ0v) is 11.6. The summed E-state index contributed by atoms with van der Waals surface area (Å²) in [5.41, 5.74) is 7.49. The summed E-state index contributed by atoms with van der Waals surface area (Å²) in [4.78, 5) is 4.61. The summed E-state index contributed by atoms with van der Waals surface area (Å²) in [7, 11) is 2.14. The molecule has 0 bridgehead atoms. The van der Waals surface area contributed by atoms with E-state index in [9.17, 15) is 0 Å². The molecule has 1 aromatic carbocycles. The summed E-state index contributed by atoms with van der Waals surface area (Å²) >= 11 is 9.77. The predicted molar refractivity (Wildman–Crippen MR) is 73.3 cm³/mol. The van der Waals surface area contributed by atoms with Gasteiger partial charge in [0.05, 0.1) is 10.7 Å². The summed E-state index contributed by atoms with van der Waals surface area (Å²) in [6.45, 7) is 4.12. The van der Waals surface area contributed by atoms with Crippen LogP contribution < -0.4 is 10.6 Å². The Morgan fingerprint density at radius 3 is 2.44 bits per heavy atom. The summed E-state index contributed by atoms with van der Waals surface area (Å²) in [6.07, 6.45) is 0. The molecule has 0 saturated carbocycles.